The predicted molar refractivity (Wildman–Crippen MR) is 61.1 cm³/mol. The van der Waals surface area contributed by atoms with E-state index in [9.17, 15) is 9.59 Å². The molecule has 0 bridgehead atoms. The van der Waals surface area contributed by atoms with Crippen molar-refractivity contribution in [2.75, 3.05) is 0 Å². The fourth-order valence-corrected chi connectivity index (χ4v) is 1.62. The van der Waals surface area contributed by atoms with Gasteiger partial charge in [0, 0.05) is 17.2 Å². The molecule has 0 aliphatic heterocycles. The van der Waals surface area contributed by atoms with Crippen LogP contribution in [0.4, 0.5) is 0 Å². The SMILES string of the molecule is Cc1ncc(/C=C/C(=O)N[C@H](C)C(=O)O)s1. The molecule has 1 aromatic rings. The minimum atomic E-state index is -1.06. The summed E-state index contributed by atoms with van der Waals surface area (Å²) in [5.74, 6) is -1.49. The maximum Gasteiger partial charge on any atom is 0.325 e. The highest BCUT2D eigenvalue weighted by Crippen LogP contribution is 2.12. The normalized spacial score (nSPS) is 12.6. The van der Waals surface area contributed by atoms with Gasteiger partial charge in [0.25, 0.3) is 0 Å². The molecule has 2 N–H and O–H groups in total. The Morgan fingerprint density at radius 3 is 2.81 bits per heavy atom. The number of carbonyl (C=O) groups excluding carboxylic acids is 1. The Hall–Kier alpha value is -1.69. The summed E-state index contributed by atoms with van der Waals surface area (Å²) in [7, 11) is 0. The fourth-order valence-electron chi connectivity index (χ4n) is 0.936. The molecule has 0 saturated carbocycles. The first-order valence-electron chi connectivity index (χ1n) is 4.63. The minimum Gasteiger partial charge on any atom is -0.480 e. The molecule has 0 spiro atoms. The van der Waals surface area contributed by atoms with Crippen molar-refractivity contribution in [1.29, 1.82) is 0 Å². The molecule has 1 aromatic heterocycles. The van der Waals surface area contributed by atoms with Crippen molar-refractivity contribution in [2.45, 2.75) is 19.9 Å². The number of rotatable bonds is 4. The molecule has 0 aromatic carbocycles. The van der Waals surface area contributed by atoms with E-state index in [0.29, 0.717) is 0 Å². The molecule has 5 nitrogen and oxygen atoms in total. The number of carbonyl (C=O) groups is 2. The number of carboxylic acid groups (broad SMARTS) is 1. The van der Waals surface area contributed by atoms with Crippen molar-refractivity contribution in [3.05, 3.63) is 22.2 Å². The average molecular weight is 240 g/mol. The van der Waals surface area contributed by atoms with Gasteiger partial charge in [0.05, 0.1) is 5.01 Å². The summed E-state index contributed by atoms with van der Waals surface area (Å²) in [6.07, 6.45) is 4.56. The Morgan fingerprint density at radius 2 is 2.31 bits per heavy atom. The number of hydrogen-bond donors (Lipinski definition) is 2. The van der Waals surface area contributed by atoms with E-state index in [4.69, 9.17) is 5.11 Å². The maximum absolute atomic E-state index is 11.3. The lowest BCUT2D eigenvalue weighted by atomic mass is 10.3. The topological polar surface area (TPSA) is 79.3 Å². The Bertz CT molecular complexity index is 425. The lowest BCUT2D eigenvalue weighted by Gasteiger charge is -2.05. The molecule has 0 radical (unpaired) electrons. The minimum absolute atomic E-state index is 0.430. The highest BCUT2D eigenvalue weighted by molar-refractivity contribution is 7.12. The van der Waals surface area contributed by atoms with Gasteiger partial charge in [-0.05, 0) is 19.9 Å². The third-order valence-electron chi connectivity index (χ3n) is 1.77. The van der Waals surface area contributed by atoms with Gasteiger partial charge in [-0.3, -0.25) is 9.59 Å². The van der Waals surface area contributed by atoms with Crippen molar-refractivity contribution in [1.82, 2.24) is 10.3 Å². The average Bonchev–Trinajstić information content (AvgIpc) is 2.61. The smallest absolute Gasteiger partial charge is 0.325 e. The Labute approximate surface area is 96.8 Å². The summed E-state index contributed by atoms with van der Waals surface area (Å²) in [4.78, 5) is 26.6. The van der Waals surface area contributed by atoms with E-state index >= 15 is 0 Å². The molecule has 16 heavy (non-hydrogen) atoms. The van der Waals surface area contributed by atoms with Crippen LogP contribution in [-0.4, -0.2) is 28.0 Å². The lowest BCUT2D eigenvalue weighted by Crippen LogP contribution is -2.37. The van der Waals surface area contributed by atoms with E-state index in [-0.39, 0.29) is 0 Å². The zero-order valence-electron chi connectivity index (χ0n) is 8.93. The van der Waals surface area contributed by atoms with E-state index in [2.05, 4.69) is 10.3 Å². The van der Waals surface area contributed by atoms with Gasteiger partial charge in [0.15, 0.2) is 0 Å². The second-order valence-electron chi connectivity index (χ2n) is 3.18. The fraction of sp³-hybridized carbons (Fsp3) is 0.300. The zero-order valence-corrected chi connectivity index (χ0v) is 9.75. The number of aromatic nitrogens is 1. The molecule has 86 valence electrons. The van der Waals surface area contributed by atoms with Gasteiger partial charge in [-0.2, -0.15) is 0 Å². The number of amides is 1. The Morgan fingerprint density at radius 1 is 1.62 bits per heavy atom. The Balaban J connectivity index is 2.51. The number of aryl methyl sites for hydroxylation is 1. The summed E-state index contributed by atoms with van der Waals surface area (Å²) in [5, 5.41) is 11.8. The molecule has 1 amide bonds. The predicted octanol–water partition coefficient (Wildman–Crippen LogP) is 1.05. The van der Waals surface area contributed by atoms with E-state index in [1.807, 2.05) is 6.92 Å². The zero-order chi connectivity index (χ0) is 12.1. The monoisotopic (exact) mass is 240 g/mol. The van der Waals surface area contributed by atoms with Gasteiger partial charge >= 0.3 is 5.97 Å². The molecule has 6 heteroatoms. The van der Waals surface area contributed by atoms with Gasteiger partial charge in [-0.1, -0.05) is 0 Å². The van der Waals surface area contributed by atoms with E-state index in [0.717, 1.165) is 9.88 Å². The van der Waals surface area contributed by atoms with E-state index in [1.165, 1.54) is 24.3 Å². The summed E-state index contributed by atoms with van der Waals surface area (Å²) in [6, 6.07) is -0.889. The highest BCUT2D eigenvalue weighted by atomic mass is 32.1. The number of aliphatic carboxylic acids is 1. The third kappa shape index (κ3) is 3.82. The molecule has 1 atom stereocenters. The van der Waals surface area contributed by atoms with Crippen LogP contribution >= 0.6 is 11.3 Å². The molecule has 0 aliphatic carbocycles. The van der Waals surface area contributed by atoms with Crippen LogP contribution in [-0.2, 0) is 9.59 Å². The molecular weight excluding hydrogens is 228 g/mol. The number of thiazole rings is 1. The van der Waals surface area contributed by atoms with E-state index in [1.54, 1.807) is 12.3 Å². The number of hydrogen-bond acceptors (Lipinski definition) is 4. The van der Waals surface area contributed by atoms with Crippen molar-refractivity contribution in [2.24, 2.45) is 0 Å². The van der Waals surface area contributed by atoms with Crippen LogP contribution in [0.15, 0.2) is 12.3 Å². The summed E-state index contributed by atoms with van der Waals surface area (Å²) >= 11 is 1.46. The van der Waals surface area contributed by atoms with Crippen LogP contribution in [0.5, 0.6) is 0 Å². The molecule has 1 rings (SSSR count). The second-order valence-corrected chi connectivity index (χ2v) is 4.45. The van der Waals surface area contributed by atoms with Gasteiger partial charge in [0.2, 0.25) is 5.91 Å². The van der Waals surface area contributed by atoms with Gasteiger partial charge in [-0.15, -0.1) is 11.3 Å². The van der Waals surface area contributed by atoms with Gasteiger partial charge < -0.3 is 10.4 Å². The highest BCUT2D eigenvalue weighted by Gasteiger charge is 2.11. The van der Waals surface area contributed by atoms with Crippen LogP contribution in [0.2, 0.25) is 0 Å². The third-order valence-corrected chi connectivity index (χ3v) is 2.65. The first kappa shape index (κ1) is 12.4. The molecule has 0 fully saturated rings. The molecular formula is C10H12N2O3S. The standard InChI is InChI=1S/C10H12N2O3S/c1-6(10(14)15)12-9(13)4-3-8-5-11-7(2)16-8/h3-6H,1-2H3,(H,12,13)(H,14,15)/b4-3+/t6-/m1/s1. The second kappa shape index (κ2) is 5.41. The van der Waals surface area contributed by atoms with Crippen LogP contribution in [0, 0.1) is 6.92 Å². The molecule has 1 heterocycles. The first-order valence-corrected chi connectivity index (χ1v) is 5.44. The molecule has 0 saturated heterocycles. The largest absolute Gasteiger partial charge is 0.480 e. The van der Waals surface area contributed by atoms with Crippen molar-refractivity contribution < 1.29 is 14.7 Å². The van der Waals surface area contributed by atoms with Crippen LogP contribution in [0.25, 0.3) is 6.08 Å². The van der Waals surface area contributed by atoms with Crippen LogP contribution in [0.1, 0.15) is 16.8 Å². The molecule has 0 unspecified atom stereocenters. The summed E-state index contributed by atoms with van der Waals surface area (Å²) in [5.41, 5.74) is 0. The van der Waals surface area contributed by atoms with Crippen molar-refractivity contribution >= 4 is 29.3 Å². The van der Waals surface area contributed by atoms with Crippen LogP contribution in [0.3, 0.4) is 0 Å². The van der Waals surface area contributed by atoms with Crippen molar-refractivity contribution in [3.8, 4) is 0 Å². The number of nitrogens with one attached hydrogen (secondary N) is 1. The summed E-state index contributed by atoms with van der Waals surface area (Å²) < 4.78 is 0. The van der Waals surface area contributed by atoms with Gasteiger partial charge in [-0.25, -0.2) is 4.98 Å². The Kier molecular flexibility index (Phi) is 4.19. The van der Waals surface area contributed by atoms with Crippen molar-refractivity contribution in [3.63, 3.8) is 0 Å². The number of nitrogens with zero attached hydrogens (tertiary/aromatic N) is 1. The number of carboxylic acids is 1. The summed E-state index contributed by atoms with van der Waals surface area (Å²) in [6.45, 7) is 3.28. The van der Waals surface area contributed by atoms with E-state index < -0.39 is 17.9 Å². The lowest BCUT2D eigenvalue weighted by molar-refractivity contribution is -0.140. The van der Waals surface area contributed by atoms with Crippen LogP contribution < -0.4 is 5.32 Å². The molecule has 0 aliphatic rings. The quantitative estimate of drug-likeness (QED) is 0.771. The van der Waals surface area contributed by atoms with Gasteiger partial charge in [0.1, 0.15) is 6.04 Å². The first-order chi connectivity index (χ1) is 7.49. The maximum atomic E-state index is 11.3.